The summed E-state index contributed by atoms with van der Waals surface area (Å²) in [7, 11) is 0. The number of hydrogen-bond donors (Lipinski definition) is 3. The minimum absolute atomic E-state index is 0.197. The normalized spacial score (nSPS) is 17.7. The number of rotatable bonds is 23. The van der Waals surface area contributed by atoms with Crippen molar-refractivity contribution in [3.05, 3.63) is 12.2 Å². The second-order valence-electron chi connectivity index (χ2n) is 10.2. The van der Waals surface area contributed by atoms with E-state index in [2.05, 4.69) is 19.1 Å². The van der Waals surface area contributed by atoms with E-state index in [0.717, 1.165) is 12.8 Å². The fourth-order valence-corrected chi connectivity index (χ4v) is 4.33. The van der Waals surface area contributed by atoms with Crippen molar-refractivity contribution >= 4 is 0 Å². The molecule has 4 atom stereocenters. The van der Waals surface area contributed by atoms with Crippen molar-refractivity contribution in [2.75, 3.05) is 0 Å². The van der Waals surface area contributed by atoms with Gasteiger partial charge in [0.25, 0.3) is 0 Å². The van der Waals surface area contributed by atoms with Crippen LogP contribution in [-0.2, 0) is 9.47 Å². The summed E-state index contributed by atoms with van der Waals surface area (Å²) in [5.74, 6) is -1.18. The number of allylic oxidation sites excluding steroid dienone is 2. The monoisotopic (exact) mass is 471 g/mol. The largest absolute Gasteiger partial charge is 0.393 e. The van der Waals surface area contributed by atoms with Crippen LogP contribution in [0.1, 0.15) is 137 Å². The van der Waals surface area contributed by atoms with Gasteiger partial charge in [-0.1, -0.05) is 70.4 Å². The molecule has 0 fully saturated rings. The second-order valence-corrected chi connectivity index (χ2v) is 10.2. The van der Waals surface area contributed by atoms with Crippen LogP contribution in [0.25, 0.3) is 0 Å². The molecule has 0 radical (unpaired) electrons. The molecule has 0 aliphatic heterocycles. The van der Waals surface area contributed by atoms with Crippen LogP contribution in [0.2, 0.25) is 0 Å². The third kappa shape index (κ3) is 21.8. The Morgan fingerprint density at radius 2 is 1.06 bits per heavy atom. The van der Waals surface area contributed by atoms with Crippen LogP contribution in [0, 0.1) is 0 Å². The fourth-order valence-electron chi connectivity index (χ4n) is 4.33. The molecule has 0 bridgehead atoms. The van der Waals surface area contributed by atoms with Gasteiger partial charge in [-0.2, -0.15) is 0 Å². The first-order chi connectivity index (χ1) is 15.7. The molecule has 33 heavy (non-hydrogen) atoms. The first-order valence-corrected chi connectivity index (χ1v) is 13.8. The molecule has 0 aromatic carbocycles. The van der Waals surface area contributed by atoms with E-state index in [1.165, 1.54) is 70.6 Å². The number of hydrogen-bond acceptors (Lipinski definition) is 5. The van der Waals surface area contributed by atoms with Gasteiger partial charge in [0.15, 0.2) is 0 Å². The number of ether oxygens (including phenoxy) is 2. The lowest BCUT2D eigenvalue weighted by molar-refractivity contribution is -0.279. The summed E-state index contributed by atoms with van der Waals surface area (Å²) in [6, 6.07) is 0. The highest BCUT2D eigenvalue weighted by Crippen LogP contribution is 2.23. The molecule has 0 spiro atoms. The van der Waals surface area contributed by atoms with Gasteiger partial charge >= 0.3 is 0 Å². The first kappa shape index (κ1) is 32.5. The maximum Gasteiger partial charge on any atom is 0.225 e. The Morgan fingerprint density at radius 3 is 1.48 bits per heavy atom. The van der Waals surface area contributed by atoms with Crippen LogP contribution in [-0.4, -0.2) is 40.5 Å². The van der Waals surface area contributed by atoms with Crippen molar-refractivity contribution in [3.8, 4) is 0 Å². The molecule has 0 saturated heterocycles. The Balaban J connectivity index is 4.06. The van der Waals surface area contributed by atoms with Gasteiger partial charge in [-0.05, 0) is 72.6 Å². The number of unbranched alkanes of at least 4 members (excludes halogenated alkanes) is 11. The average Bonchev–Trinajstić information content (AvgIpc) is 2.69. The SMILES string of the molecule is CCCCCCCC/C=C\CCCCCCCC(N)(OC(C)CC(C)O)OC(C)CC(C)O. The smallest absolute Gasteiger partial charge is 0.225 e. The maximum absolute atomic E-state index is 9.64. The van der Waals surface area contributed by atoms with Gasteiger partial charge in [0.05, 0.1) is 24.4 Å². The van der Waals surface area contributed by atoms with E-state index in [1.54, 1.807) is 13.8 Å². The highest BCUT2D eigenvalue weighted by atomic mass is 16.7. The van der Waals surface area contributed by atoms with Crippen LogP contribution < -0.4 is 5.73 Å². The van der Waals surface area contributed by atoms with Crippen LogP contribution in [0.15, 0.2) is 12.2 Å². The van der Waals surface area contributed by atoms with Crippen molar-refractivity contribution in [2.45, 2.75) is 168 Å². The second kappa shape index (κ2) is 20.9. The predicted octanol–water partition coefficient (Wildman–Crippen LogP) is 6.99. The van der Waals surface area contributed by atoms with E-state index in [0.29, 0.717) is 19.3 Å². The summed E-state index contributed by atoms with van der Waals surface area (Å²) in [6.07, 6.45) is 21.4. The lowest BCUT2D eigenvalue weighted by atomic mass is 10.1. The lowest BCUT2D eigenvalue weighted by Gasteiger charge is -2.35. The van der Waals surface area contributed by atoms with Gasteiger partial charge in [-0.25, -0.2) is 0 Å². The predicted molar refractivity (Wildman–Crippen MR) is 140 cm³/mol. The van der Waals surface area contributed by atoms with Crippen molar-refractivity contribution in [3.63, 3.8) is 0 Å². The van der Waals surface area contributed by atoms with Gasteiger partial charge in [0.1, 0.15) is 0 Å². The fraction of sp³-hybridized carbons (Fsp3) is 0.929. The van der Waals surface area contributed by atoms with Crippen molar-refractivity contribution < 1.29 is 19.7 Å². The Hall–Kier alpha value is -0.460. The third-order valence-corrected chi connectivity index (χ3v) is 5.93. The van der Waals surface area contributed by atoms with Crippen LogP contribution in [0.4, 0.5) is 0 Å². The van der Waals surface area contributed by atoms with Gasteiger partial charge in [0.2, 0.25) is 5.91 Å². The molecule has 5 heteroatoms. The molecule has 0 rings (SSSR count). The zero-order valence-electron chi connectivity index (χ0n) is 22.6. The molecule has 4 N–H and O–H groups in total. The Labute approximate surface area is 205 Å². The average molecular weight is 472 g/mol. The maximum atomic E-state index is 9.64. The molecule has 0 heterocycles. The van der Waals surface area contributed by atoms with Crippen LogP contribution >= 0.6 is 0 Å². The third-order valence-electron chi connectivity index (χ3n) is 5.93. The molecule has 0 aromatic rings. The molecular formula is C28H57NO4. The molecule has 0 aliphatic carbocycles. The summed E-state index contributed by atoms with van der Waals surface area (Å²) in [4.78, 5) is 0. The summed E-state index contributed by atoms with van der Waals surface area (Å²) in [5, 5.41) is 19.3. The van der Waals surface area contributed by atoms with E-state index >= 15 is 0 Å². The van der Waals surface area contributed by atoms with E-state index in [-0.39, 0.29) is 12.2 Å². The molecule has 198 valence electrons. The standard InChI is InChI=1S/C28H57NO4/c1-6-7-8-9-10-11-12-13-14-15-16-17-18-19-20-21-28(29,32-26(4)22-24(2)30)33-27(5)23-25(3)31/h13-14,24-27,30-31H,6-12,15-23,29H2,1-5H3/b14-13-. The van der Waals surface area contributed by atoms with E-state index in [1.807, 2.05) is 13.8 Å². The minimum Gasteiger partial charge on any atom is -0.393 e. The lowest BCUT2D eigenvalue weighted by Crippen LogP contribution is -2.50. The van der Waals surface area contributed by atoms with E-state index < -0.39 is 18.1 Å². The minimum atomic E-state index is -1.18. The number of aliphatic hydroxyl groups excluding tert-OH is 2. The van der Waals surface area contributed by atoms with E-state index in [4.69, 9.17) is 15.2 Å². The molecule has 0 aliphatic rings. The molecule has 4 unspecified atom stereocenters. The summed E-state index contributed by atoms with van der Waals surface area (Å²) in [5.41, 5.74) is 6.49. The zero-order valence-corrected chi connectivity index (χ0v) is 22.6. The first-order valence-electron chi connectivity index (χ1n) is 13.8. The Bertz CT molecular complexity index is 435. The van der Waals surface area contributed by atoms with Gasteiger partial charge < -0.3 is 19.7 Å². The van der Waals surface area contributed by atoms with E-state index in [9.17, 15) is 10.2 Å². The summed E-state index contributed by atoms with van der Waals surface area (Å²) in [6.45, 7) is 9.59. The highest BCUT2D eigenvalue weighted by Gasteiger charge is 2.31. The topological polar surface area (TPSA) is 84.9 Å². The van der Waals surface area contributed by atoms with Crippen molar-refractivity contribution in [2.24, 2.45) is 5.73 Å². The Morgan fingerprint density at radius 1 is 0.667 bits per heavy atom. The Kier molecular flexibility index (Phi) is 20.6. The van der Waals surface area contributed by atoms with Crippen LogP contribution in [0.5, 0.6) is 0 Å². The number of nitrogens with two attached hydrogens (primary N) is 1. The van der Waals surface area contributed by atoms with Gasteiger partial charge in [0, 0.05) is 6.42 Å². The summed E-state index contributed by atoms with van der Waals surface area (Å²) >= 11 is 0. The number of aliphatic hydroxyl groups is 2. The molecule has 0 saturated carbocycles. The highest BCUT2D eigenvalue weighted by molar-refractivity contribution is 4.81. The zero-order chi connectivity index (χ0) is 25.0. The molecule has 0 amide bonds. The quantitative estimate of drug-likeness (QED) is 0.0849. The van der Waals surface area contributed by atoms with Crippen molar-refractivity contribution in [1.82, 2.24) is 0 Å². The molecular weight excluding hydrogens is 414 g/mol. The van der Waals surface area contributed by atoms with Crippen molar-refractivity contribution in [1.29, 1.82) is 0 Å². The van der Waals surface area contributed by atoms with Gasteiger partial charge in [-0.15, -0.1) is 0 Å². The van der Waals surface area contributed by atoms with Crippen LogP contribution in [0.3, 0.4) is 0 Å². The molecule has 0 aromatic heterocycles. The summed E-state index contributed by atoms with van der Waals surface area (Å²) < 4.78 is 12.0. The van der Waals surface area contributed by atoms with Gasteiger partial charge in [-0.3, -0.25) is 5.73 Å². The molecule has 5 nitrogen and oxygen atoms in total.